The second-order valence-corrected chi connectivity index (χ2v) is 5.51. The van der Waals surface area contributed by atoms with Crippen LogP contribution in [0.3, 0.4) is 0 Å². The predicted octanol–water partition coefficient (Wildman–Crippen LogP) is 3.38. The topological polar surface area (TPSA) is 29.5 Å². The smallest absolute Gasteiger partial charge is 0.120 e. The van der Waals surface area contributed by atoms with Gasteiger partial charge in [-0.25, -0.2) is 0 Å². The molecule has 1 unspecified atom stereocenters. The highest BCUT2D eigenvalue weighted by atomic mass is 79.9. The van der Waals surface area contributed by atoms with Crippen LogP contribution >= 0.6 is 15.9 Å². The number of hydrogen-bond acceptors (Lipinski definition) is 2. The molecule has 0 bridgehead atoms. The number of halogens is 1. The Labute approximate surface area is 105 Å². The fourth-order valence-electron chi connectivity index (χ4n) is 1.97. The van der Waals surface area contributed by atoms with E-state index in [0.29, 0.717) is 6.61 Å². The molecule has 0 aromatic heterocycles. The zero-order chi connectivity index (χ0) is 11.6. The Kier molecular flexibility index (Phi) is 3.55. The van der Waals surface area contributed by atoms with Gasteiger partial charge in [0, 0.05) is 4.47 Å². The lowest BCUT2D eigenvalue weighted by Gasteiger charge is -2.18. The summed E-state index contributed by atoms with van der Waals surface area (Å²) in [7, 11) is 0. The average Bonchev–Trinajstić information content (AvgIpc) is 2.99. The molecule has 2 nitrogen and oxygen atoms in total. The van der Waals surface area contributed by atoms with Crippen LogP contribution in [-0.2, 0) is 0 Å². The fraction of sp³-hybridized carbons (Fsp3) is 0.538. The Hall–Kier alpha value is -0.540. The Bertz CT molecular complexity index is 359. The van der Waals surface area contributed by atoms with Crippen LogP contribution in [0.25, 0.3) is 0 Å². The van der Waals surface area contributed by atoms with Crippen LogP contribution in [0.15, 0.2) is 28.7 Å². The van der Waals surface area contributed by atoms with Crippen LogP contribution in [-0.4, -0.2) is 17.8 Å². The minimum Gasteiger partial charge on any atom is -0.494 e. The van der Waals surface area contributed by atoms with Gasteiger partial charge in [0.05, 0.1) is 12.7 Å². The summed E-state index contributed by atoms with van der Waals surface area (Å²) in [6, 6.07) is 7.85. The molecule has 0 saturated heterocycles. The molecule has 0 amide bonds. The van der Waals surface area contributed by atoms with Gasteiger partial charge in [-0.05, 0) is 49.8 Å². The zero-order valence-corrected chi connectivity index (χ0v) is 11.0. The van der Waals surface area contributed by atoms with Crippen molar-refractivity contribution in [1.82, 2.24) is 0 Å². The minimum absolute atomic E-state index is 0.145. The number of hydrogen-bond donors (Lipinski definition) is 1. The summed E-state index contributed by atoms with van der Waals surface area (Å²) in [4.78, 5) is 0. The van der Waals surface area contributed by atoms with E-state index in [1.54, 1.807) is 0 Å². The largest absolute Gasteiger partial charge is 0.494 e. The van der Waals surface area contributed by atoms with Gasteiger partial charge in [0.2, 0.25) is 0 Å². The third kappa shape index (κ3) is 2.77. The van der Waals surface area contributed by atoms with Gasteiger partial charge in [-0.1, -0.05) is 22.0 Å². The van der Waals surface area contributed by atoms with E-state index in [9.17, 15) is 5.11 Å². The van der Waals surface area contributed by atoms with E-state index in [1.807, 2.05) is 31.2 Å². The van der Waals surface area contributed by atoms with Crippen molar-refractivity contribution in [1.29, 1.82) is 0 Å². The van der Waals surface area contributed by atoms with E-state index >= 15 is 0 Å². The third-order valence-electron chi connectivity index (χ3n) is 3.44. The lowest BCUT2D eigenvalue weighted by molar-refractivity contribution is 0.0925. The SMILES string of the molecule is CC(O)C1(CCOc2cccc(Br)c2)CC1. The molecule has 3 heteroatoms. The monoisotopic (exact) mass is 284 g/mol. The van der Waals surface area contributed by atoms with Crippen molar-refractivity contribution in [2.75, 3.05) is 6.61 Å². The number of aliphatic hydroxyl groups is 1. The second kappa shape index (κ2) is 4.76. The average molecular weight is 285 g/mol. The van der Waals surface area contributed by atoms with Crippen molar-refractivity contribution in [2.45, 2.75) is 32.3 Å². The summed E-state index contributed by atoms with van der Waals surface area (Å²) in [5.74, 6) is 0.885. The van der Waals surface area contributed by atoms with E-state index in [-0.39, 0.29) is 11.5 Å². The maximum absolute atomic E-state index is 9.62. The summed E-state index contributed by atoms with van der Waals surface area (Å²) in [5.41, 5.74) is 0.145. The standard InChI is InChI=1S/C13H17BrO2/c1-10(15)13(5-6-13)7-8-16-12-4-2-3-11(14)9-12/h2-4,9-10,15H,5-8H2,1H3. The van der Waals surface area contributed by atoms with E-state index in [1.165, 1.54) is 0 Å². The van der Waals surface area contributed by atoms with Crippen LogP contribution in [0, 0.1) is 5.41 Å². The van der Waals surface area contributed by atoms with Gasteiger partial charge in [-0.15, -0.1) is 0 Å². The Balaban J connectivity index is 1.80. The van der Waals surface area contributed by atoms with Gasteiger partial charge in [-0.3, -0.25) is 0 Å². The number of rotatable bonds is 5. The maximum Gasteiger partial charge on any atom is 0.120 e. The quantitative estimate of drug-likeness (QED) is 0.898. The van der Waals surface area contributed by atoms with Crippen molar-refractivity contribution in [3.8, 4) is 5.75 Å². The van der Waals surface area contributed by atoms with Gasteiger partial charge in [0.15, 0.2) is 0 Å². The Morgan fingerprint density at radius 3 is 2.81 bits per heavy atom. The third-order valence-corrected chi connectivity index (χ3v) is 3.94. The highest BCUT2D eigenvalue weighted by Crippen LogP contribution is 2.51. The zero-order valence-electron chi connectivity index (χ0n) is 9.45. The molecule has 1 N–H and O–H groups in total. The lowest BCUT2D eigenvalue weighted by atomic mass is 9.97. The fourth-order valence-corrected chi connectivity index (χ4v) is 2.34. The van der Waals surface area contributed by atoms with Crippen LogP contribution in [0.1, 0.15) is 26.2 Å². The van der Waals surface area contributed by atoms with Crippen LogP contribution in [0.5, 0.6) is 5.75 Å². The number of benzene rings is 1. The van der Waals surface area contributed by atoms with Gasteiger partial charge in [0.1, 0.15) is 5.75 Å². The molecule has 1 aliphatic carbocycles. The summed E-state index contributed by atoms with van der Waals surface area (Å²) in [6.07, 6.45) is 2.99. The van der Waals surface area contributed by atoms with Crippen LogP contribution in [0.2, 0.25) is 0 Å². The molecular weight excluding hydrogens is 268 g/mol. The minimum atomic E-state index is -0.210. The molecule has 1 aromatic rings. The van der Waals surface area contributed by atoms with Gasteiger partial charge < -0.3 is 9.84 Å². The molecule has 2 rings (SSSR count). The van der Waals surface area contributed by atoms with Gasteiger partial charge in [-0.2, -0.15) is 0 Å². The molecule has 1 aromatic carbocycles. The molecule has 0 aliphatic heterocycles. The van der Waals surface area contributed by atoms with E-state index in [4.69, 9.17) is 4.74 Å². The molecule has 1 aliphatic rings. The predicted molar refractivity (Wildman–Crippen MR) is 67.6 cm³/mol. The van der Waals surface area contributed by atoms with E-state index < -0.39 is 0 Å². The molecule has 1 atom stereocenters. The van der Waals surface area contributed by atoms with Crippen LogP contribution < -0.4 is 4.74 Å². The molecule has 0 radical (unpaired) electrons. The summed E-state index contributed by atoms with van der Waals surface area (Å²) < 4.78 is 6.70. The molecule has 16 heavy (non-hydrogen) atoms. The first-order valence-corrected chi connectivity index (χ1v) is 6.48. The Morgan fingerprint density at radius 2 is 2.25 bits per heavy atom. The summed E-state index contributed by atoms with van der Waals surface area (Å²) >= 11 is 3.41. The van der Waals surface area contributed by atoms with Gasteiger partial charge in [0.25, 0.3) is 0 Å². The molecule has 88 valence electrons. The number of ether oxygens (including phenoxy) is 1. The first-order chi connectivity index (χ1) is 7.62. The second-order valence-electron chi connectivity index (χ2n) is 4.59. The van der Waals surface area contributed by atoms with Crippen molar-refractivity contribution in [3.05, 3.63) is 28.7 Å². The van der Waals surface area contributed by atoms with Gasteiger partial charge >= 0.3 is 0 Å². The first kappa shape index (κ1) is 11.9. The highest BCUT2D eigenvalue weighted by molar-refractivity contribution is 9.10. The Morgan fingerprint density at radius 1 is 1.50 bits per heavy atom. The number of aliphatic hydroxyl groups excluding tert-OH is 1. The maximum atomic E-state index is 9.62. The van der Waals surface area contributed by atoms with Crippen LogP contribution in [0.4, 0.5) is 0 Å². The van der Waals surface area contributed by atoms with E-state index in [0.717, 1.165) is 29.5 Å². The molecule has 1 fully saturated rings. The van der Waals surface area contributed by atoms with Crippen molar-refractivity contribution in [3.63, 3.8) is 0 Å². The first-order valence-electron chi connectivity index (χ1n) is 5.69. The van der Waals surface area contributed by atoms with Crippen molar-refractivity contribution >= 4 is 15.9 Å². The molecule has 0 spiro atoms. The lowest BCUT2D eigenvalue weighted by Crippen LogP contribution is -2.20. The molecular formula is C13H17BrO2. The van der Waals surface area contributed by atoms with Crippen molar-refractivity contribution in [2.24, 2.45) is 5.41 Å². The summed E-state index contributed by atoms with van der Waals surface area (Å²) in [5, 5.41) is 9.62. The summed E-state index contributed by atoms with van der Waals surface area (Å²) in [6.45, 7) is 2.56. The van der Waals surface area contributed by atoms with Crippen molar-refractivity contribution < 1.29 is 9.84 Å². The molecule has 1 saturated carbocycles. The highest BCUT2D eigenvalue weighted by Gasteiger charge is 2.46. The van der Waals surface area contributed by atoms with E-state index in [2.05, 4.69) is 15.9 Å². The molecule has 0 heterocycles. The normalized spacial score (nSPS) is 19.2.